The Morgan fingerprint density at radius 2 is 1.93 bits per heavy atom. The number of ether oxygens (including phenoxy) is 1. The molecule has 0 N–H and O–H groups in total. The minimum absolute atomic E-state index is 0.291. The van der Waals surface area contributed by atoms with Crippen LogP contribution in [0.15, 0.2) is 42.7 Å². The number of halogens is 2. The van der Waals surface area contributed by atoms with Crippen molar-refractivity contribution < 1.29 is 13.5 Å². The van der Waals surface area contributed by atoms with Crippen molar-refractivity contribution in [3.05, 3.63) is 54.4 Å². The van der Waals surface area contributed by atoms with Crippen LogP contribution >= 0.6 is 0 Å². The number of fused-ring (bicyclic) bond motifs is 2. The van der Waals surface area contributed by atoms with Gasteiger partial charge < -0.3 is 4.74 Å². The molecule has 3 aromatic heterocycles. The van der Waals surface area contributed by atoms with Crippen LogP contribution in [0.5, 0.6) is 0 Å². The van der Waals surface area contributed by atoms with E-state index in [1.807, 2.05) is 6.07 Å². The zero-order chi connectivity index (χ0) is 18.4. The summed E-state index contributed by atoms with van der Waals surface area (Å²) in [6.07, 6.45) is 5.83. The first-order valence-corrected chi connectivity index (χ1v) is 8.91. The Morgan fingerprint density at radius 3 is 2.78 bits per heavy atom. The molecule has 1 aliphatic rings. The predicted molar refractivity (Wildman–Crippen MR) is 97.0 cm³/mol. The second-order valence-corrected chi connectivity index (χ2v) is 6.63. The van der Waals surface area contributed by atoms with E-state index in [1.165, 1.54) is 12.1 Å². The molecule has 0 bridgehead atoms. The summed E-state index contributed by atoms with van der Waals surface area (Å²) < 4.78 is 35.5. The maximum atomic E-state index is 14.0. The normalized spacial score (nSPS) is 17.6. The van der Waals surface area contributed by atoms with Gasteiger partial charge in [-0.2, -0.15) is 5.10 Å². The Labute approximate surface area is 153 Å². The van der Waals surface area contributed by atoms with Crippen molar-refractivity contribution >= 4 is 21.9 Å². The Bertz CT molecular complexity index is 1150. The lowest BCUT2D eigenvalue weighted by Crippen LogP contribution is -2.19. The molecule has 27 heavy (non-hydrogen) atoms. The van der Waals surface area contributed by atoms with E-state index in [-0.39, 0.29) is 6.23 Å². The summed E-state index contributed by atoms with van der Waals surface area (Å²) in [5.41, 5.74) is 3.17. The highest BCUT2D eigenvalue weighted by Gasteiger charge is 2.24. The molecular formula is C20H16F2N4O. The Kier molecular flexibility index (Phi) is 3.82. The number of nitrogens with zero attached hydrogens (tertiary/aromatic N) is 4. The quantitative estimate of drug-likeness (QED) is 0.519. The van der Waals surface area contributed by atoms with Gasteiger partial charge in [-0.3, -0.25) is 9.97 Å². The average Bonchev–Trinajstić information content (AvgIpc) is 3.06. The van der Waals surface area contributed by atoms with Gasteiger partial charge in [-0.25, -0.2) is 13.5 Å². The lowest BCUT2D eigenvalue weighted by atomic mass is 10.1. The van der Waals surface area contributed by atoms with Gasteiger partial charge in [-0.1, -0.05) is 0 Å². The number of rotatable bonds is 2. The van der Waals surface area contributed by atoms with Gasteiger partial charge in [0.25, 0.3) is 0 Å². The van der Waals surface area contributed by atoms with Crippen LogP contribution in [-0.4, -0.2) is 26.4 Å². The molecule has 4 heterocycles. The van der Waals surface area contributed by atoms with Crippen LogP contribution < -0.4 is 0 Å². The predicted octanol–water partition coefficient (Wildman–Crippen LogP) is 4.62. The highest BCUT2D eigenvalue weighted by atomic mass is 19.2. The van der Waals surface area contributed by atoms with Gasteiger partial charge in [0, 0.05) is 36.0 Å². The molecule has 1 atom stereocenters. The molecule has 1 fully saturated rings. The van der Waals surface area contributed by atoms with Crippen LogP contribution in [0.2, 0.25) is 0 Å². The molecule has 5 nitrogen and oxygen atoms in total. The largest absolute Gasteiger partial charge is 0.356 e. The minimum Gasteiger partial charge on any atom is -0.356 e. The van der Waals surface area contributed by atoms with E-state index in [1.54, 1.807) is 29.2 Å². The van der Waals surface area contributed by atoms with E-state index in [0.29, 0.717) is 34.2 Å². The fourth-order valence-corrected chi connectivity index (χ4v) is 3.64. The first-order chi connectivity index (χ1) is 13.2. The maximum Gasteiger partial charge on any atom is 0.161 e. The van der Waals surface area contributed by atoms with E-state index in [2.05, 4.69) is 9.97 Å². The summed E-state index contributed by atoms with van der Waals surface area (Å²) in [6, 6.07) is 7.85. The molecule has 0 radical (unpaired) electrons. The van der Waals surface area contributed by atoms with Gasteiger partial charge in [-0.15, -0.1) is 0 Å². The highest BCUT2D eigenvalue weighted by molar-refractivity contribution is 6.00. The van der Waals surface area contributed by atoms with Gasteiger partial charge in [-0.05, 0) is 43.5 Å². The summed E-state index contributed by atoms with van der Waals surface area (Å²) in [7, 11) is 0. The molecule has 5 rings (SSSR count). The second kappa shape index (κ2) is 6.35. The molecule has 1 unspecified atom stereocenters. The van der Waals surface area contributed by atoms with E-state index >= 15 is 0 Å². The second-order valence-electron chi connectivity index (χ2n) is 6.63. The van der Waals surface area contributed by atoms with Crippen LogP contribution in [0, 0.1) is 11.6 Å². The van der Waals surface area contributed by atoms with Crippen molar-refractivity contribution in [2.45, 2.75) is 25.5 Å². The smallest absolute Gasteiger partial charge is 0.161 e. The minimum atomic E-state index is -0.904. The molecule has 136 valence electrons. The van der Waals surface area contributed by atoms with Crippen LogP contribution in [0.3, 0.4) is 0 Å². The zero-order valence-corrected chi connectivity index (χ0v) is 14.4. The summed E-state index contributed by atoms with van der Waals surface area (Å²) in [4.78, 5) is 8.74. The van der Waals surface area contributed by atoms with E-state index in [0.717, 1.165) is 24.8 Å². The molecule has 1 saturated heterocycles. The van der Waals surface area contributed by atoms with Crippen LogP contribution in [0.25, 0.3) is 33.2 Å². The van der Waals surface area contributed by atoms with E-state index in [4.69, 9.17) is 9.84 Å². The first kappa shape index (κ1) is 16.3. The molecule has 0 saturated carbocycles. The topological polar surface area (TPSA) is 52.8 Å². The Hall–Kier alpha value is -2.93. The van der Waals surface area contributed by atoms with Gasteiger partial charge in [0.2, 0.25) is 0 Å². The molecule has 0 aliphatic carbocycles. The molecule has 1 aliphatic heterocycles. The molecule has 7 heteroatoms. The van der Waals surface area contributed by atoms with Crippen molar-refractivity contribution in [1.82, 2.24) is 19.7 Å². The first-order valence-electron chi connectivity index (χ1n) is 8.91. The number of benzene rings is 1. The van der Waals surface area contributed by atoms with Crippen molar-refractivity contribution in [2.75, 3.05) is 6.61 Å². The maximum absolute atomic E-state index is 14.0. The summed E-state index contributed by atoms with van der Waals surface area (Å²) in [5, 5.41) is 5.24. The van der Waals surface area contributed by atoms with Gasteiger partial charge in [0.1, 0.15) is 5.69 Å². The lowest BCUT2D eigenvalue weighted by Gasteiger charge is -2.23. The van der Waals surface area contributed by atoms with Gasteiger partial charge in [0.05, 0.1) is 16.6 Å². The van der Waals surface area contributed by atoms with Crippen molar-refractivity contribution in [3.63, 3.8) is 0 Å². The molecule has 1 aromatic carbocycles. The third-order valence-corrected chi connectivity index (χ3v) is 4.93. The van der Waals surface area contributed by atoms with Crippen LogP contribution in [-0.2, 0) is 4.74 Å². The monoisotopic (exact) mass is 366 g/mol. The zero-order valence-electron chi connectivity index (χ0n) is 14.4. The fourth-order valence-electron chi connectivity index (χ4n) is 3.64. The standard InChI is InChI=1S/C20H16F2N4O/c21-14-10-13-17(11-15(14)22)26(18-5-1-2-9-27-18)25-19(13)12-6-8-23-16-4-3-7-24-20(12)16/h3-4,6-8,10-11,18H,1-2,5,9H2. The molecule has 0 spiro atoms. The van der Waals surface area contributed by atoms with Crippen LogP contribution in [0.4, 0.5) is 8.78 Å². The molecule has 0 amide bonds. The van der Waals surface area contributed by atoms with E-state index < -0.39 is 11.6 Å². The Balaban J connectivity index is 1.80. The highest BCUT2D eigenvalue weighted by Crippen LogP contribution is 2.35. The average molecular weight is 366 g/mol. The Morgan fingerprint density at radius 1 is 1.04 bits per heavy atom. The molecule has 4 aromatic rings. The molecular weight excluding hydrogens is 350 g/mol. The summed E-state index contributed by atoms with van der Waals surface area (Å²) >= 11 is 0. The number of hydrogen-bond donors (Lipinski definition) is 0. The SMILES string of the molecule is Fc1cc2c(-c3ccnc4cccnc34)nn(C3CCCCO3)c2cc1F. The third-order valence-electron chi connectivity index (χ3n) is 4.93. The summed E-state index contributed by atoms with van der Waals surface area (Å²) in [5.74, 6) is -1.80. The van der Waals surface area contributed by atoms with Crippen molar-refractivity contribution in [1.29, 1.82) is 0 Å². The number of hydrogen-bond acceptors (Lipinski definition) is 4. The summed E-state index contributed by atoms with van der Waals surface area (Å²) in [6.45, 7) is 0.630. The fraction of sp³-hybridized carbons (Fsp3) is 0.250. The number of pyridine rings is 2. The van der Waals surface area contributed by atoms with Crippen molar-refractivity contribution in [3.8, 4) is 11.3 Å². The number of aromatic nitrogens is 4. The third kappa shape index (κ3) is 2.66. The van der Waals surface area contributed by atoms with Gasteiger partial charge in [0.15, 0.2) is 17.9 Å². The van der Waals surface area contributed by atoms with E-state index in [9.17, 15) is 8.78 Å². The van der Waals surface area contributed by atoms with Crippen molar-refractivity contribution in [2.24, 2.45) is 0 Å². The lowest BCUT2D eigenvalue weighted by molar-refractivity contribution is -0.0365. The van der Waals surface area contributed by atoms with Crippen LogP contribution in [0.1, 0.15) is 25.5 Å². The van der Waals surface area contributed by atoms with Gasteiger partial charge >= 0.3 is 0 Å².